The van der Waals surface area contributed by atoms with Crippen molar-refractivity contribution in [3.8, 4) is 5.75 Å². The van der Waals surface area contributed by atoms with Gasteiger partial charge in [0.15, 0.2) is 0 Å². The molecule has 6 heteroatoms. The minimum atomic E-state index is -0.128. The fraction of sp³-hybridized carbons (Fsp3) is 0.407. The van der Waals surface area contributed by atoms with E-state index in [-0.39, 0.29) is 24.4 Å². The summed E-state index contributed by atoms with van der Waals surface area (Å²) >= 11 is 0. The van der Waals surface area contributed by atoms with Crippen molar-refractivity contribution >= 4 is 22.7 Å². The number of amides is 2. The highest BCUT2D eigenvalue weighted by molar-refractivity contribution is 6.00. The third kappa shape index (κ3) is 4.61. The molecule has 3 aromatic rings. The molecule has 33 heavy (non-hydrogen) atoms. The van der Waals surface area contributed by atoms with E-state index in [1.807, 2.05) is 42.5 Å². The summed E-state index contributed by atoms with van der Waals surface area (Å²) in [5.41, 5.74) is 2.58. The van der Waals surface area contributed by atoms with Gasteiger partial charge in [-0.3, -0.25) is 9.59 Å². The molecule has 172 valence electrons. The van der Waals surface area contributed by atoms with Crippen LogP contribution in [-0.4, -0.2) is 59.4 Å². The van der Waals surface area contributed by atoms with Crippen molar-refractivity contribution in [2.24, 2.45) is 5.92 Å². The summed E-state index contributed by atoms with van der Waals surface area (Å²) in [5, 5.41) is 0.921. The van der Waals surface area contributed by atoms with Crippen LogP contribution >= 0.6 is 0 Å². The Morgan fingerprint density at radius 3 is 2.64 bits per heavy atom. The number of nitrogens with zero attached hydrogens (tertiary/aromatic N) is 2. The number of benzene rings is 2. The van der Waals surface area contributed by atoms with E-state index in [2.05, 4.69) is 22.0 Å². The van der Waals surface area contributed by atoms with Crippen molar-refractivity contribution in [3.63, 3.8) is 0 Å². The first-order valence-corrected chi connectivity index (χ1v) is 11.9. The molecule has 2 heterocycles. The smallest absolute Gasteiger partial charge is 0.270 e. The van der Waals surface area contributed by atoms with Gasteiger partial charge in [0.05, 0.1) is 13.2 Å². The molecule has 1 aliphatic carbocycles. The Bertz CT molecular complexity index is 1130. The first-order valence-electron chi connectivity index (χ1n) is 11.9. The molecule has 2 aromatic carbocycles. The second-order valence-corrected chi connectivity index (χ2v) is 9.36. The quantitative estimate of drug-likeness (QED) is 0.617. The summed E-state index contributed by atoms with van der Waals surface area (Å²) in [5.74, 6) is 1.26. The highest BCUT2D eigenvalue weighted by Gasteiger charge is 2.36. The van der Waals surface area contributed by atoms with Crippen molar-refractivity contribution in [2.45, 2.75) is 38.1 Å². The summed E-state index contributed by atoms with van der Waals surface area (Å²) in [6.45, 7) is 1.49. The Morgan fingerprint density at radius 2 is 1.88 bits per heavy atom. The minimum Gasteiger partial charge on any atom is -0.497 e. The number of rotatable bonds is 6. The SMILES string of the molecule is COc1ccc2[nH]c(C(=O)N3CC(=O)N(CC4CCCC4)[C@@H](Cc4ccccc4)C3)cc2c1. The second kappa shape index (κ2) is 9.30. The molecule has 2 fully saturated rings. The molecular formula is C27H31N3O3. The average molecular weight is 446 g/mol. The number of methoxy groups -OCH3 is 1. The molecule has 0 bridgehead atoms. The predicted octanol–water partition coefficient (Wildman–Crippen LogP) is 4.26. The van der Waals surface area contributed by atoms with E-state index in [4.69, 9.17) is 4.74 Å². The fourth-order valence-electron chi connectivity index (χ4n) is 5.34. The van der Waals surface area contributed by atoms with Gasteiger partial charge in [-0.15, -0.1) is 0 Å². The highest BCUT2D eigenvalue weighted by Crippen LogP contribution is 2.29. The first kappa shape index (κ1) is 21.6. The van der Waals surface area contributed by atoms with Gasteiger partial charge in [0.2, 0.25) is 5.91 Å². The van der Waals surface area contributed by atoms with E-state index >= 15 is 0 Å². The van der Waals surface area contributed by atoms with E-state index < -0.39 is 0 Å². The number of carbonyl (C=O) groups excluding carboxylic acids is 2. The highest BCUT2D eigenvalue weighted by atomic mass is 16.5. The molecule has 0 unspecified atom stereocenters. The lowest BCUT2D eigenvalue weighted by molar-refractivity contribution is -0.139. The van der Waals surface area contributed by atoms with Crippen molar-refractivity contribution in [1.29, 1.82) is 0 Å². The number of aromatic amines is 1. The van der Waals surface area contributed by atoms with Crippen molar-refractivity contribution in [1.82, 2.24) is 14.8 Å². The van der Waals surface area contributed by atoms with Gasteiger partial charge in [0.1, 0.15) is 18.0 Å². The van der Waals surface area contributed by atoms with Crippen molar-refractivity contribution in [3.05, 3.63) is 65.9 Å². The maximum atomic E-state index is 13.4. The topological polar surface area (TPSA) is 65.6 Å². The van der Waals surface area contributed by atoms with Crippen LogP contribution in [0.5, 0.6) is 5.75 Å². The number of H-pyrrole nitrogens is 1. The van der Waals surface area contributed by atoms with Crippen LogP contribution in [0.15, 0.2) is 54.6 Å². The first-order chi connectivity index (χ1) is 16.1. The number of hydrogen-bond acceptors (Lipinski definition) is 3. The third-order valence-electron chi connectivity index (χ3n) is 7.11. The summed E-state index contributed by atoms with van der Waals surface area (Å²) in [4.78, 5) is 33.7. The number of hydrogen-bond donors (Lipinski definition) is 1. The normalized spacial score (nSPS) is 19.4. The second-order valence-electron chi connectivity index (χ2n) is 9.36. The van der Waals surface area contributed by atoms with Crippen LogP contribution < -0.4 is 4.74 Å². The Hall–Kier alpha value is -3.28. The van der Waals surface area contributed by atoms with E-state index in [9.17, 15) is 9.59 Å². The Labute approximate surface area is 194 Å². The van der Waals surface area contributed by atoms with Gasteiger partial charge in [0.25, 0.3) is 5.91 Å². The molecule has 5 rings (SSSR count). The maximum Gasteiger partial charge on any atom is 0.270 e. The standard InChI is InChI=1S/C27H31N3O3/c1-33-23-11-12-24-21(14-23)15-25(28-24)27(32)29-17-22(13-19-7-3-2-4-8-19)30(26(31)18-29)16-20-9-5-6-10-20/h2-4,7-8,11-12,14-15,20,22,28H,5-6,9-10,13,16-18H2,1H3/t22-/m0/s1. The number of carbonyl (C=O) groups is 2. The molecule has 6 nitrogen and oxygen atoms in total. The van der Waals surface area contributed by atoms with Crippen molar-refractivity contribution < 1.29 is 14.3 Å². The lowest BCUT2D eigenvalue weighted by Gasteiger charge is -2.42. The number of piperazine rings is 1. The van der Waals surface area contributed by atoms with Gasteiger partial charge in [0, 0.05) is 24.0 Å². The van der Waals surface area contributed by atoms with Gasteiger partial charge in [-0.1, -0.05) is 43.2 Å². The van der Waals surface area contributed by atoms with Gasteiger partial charge >= 0.3 is 0 Å². The molecule has 1 atom stereocenters. The van der Waals surface area contributed by atoms with E-state index in [0.29, 0.717) is 18.2 Å². The van der Waals surface area contributed by atoms with Crippen LogP contribution in [0.2, 0.25) is 0 Å². The molecule has 1 N–H and O–H groups in total. The van der Waals surface area contributed by atoms with Crippen LogP contribution in [0, 0.1) is 5.92 Å². The monoisotopic (exact) mass is 445 g/mol. The van der Waals surface area contributed by atoms with Gasteiger partial charge < -0.3 is 19.5 Å². The summed E-state index contributed by atoms with van der Waals surface area (Å²) in [7, 11) is 1.63. The Balaban J connectivity index is 1.38. The molecule has 1 aliphatic heterocycles. The summed E-state index contributed by atoms with van der Waals surface area (Å²) < 4.78 is 5.30. The van der Waals surface area contributed by atoms with Crippen LogP contribution in [0.3, 0.4) is 0 Å². The largest absolute Gasteiger partial charge is 0.497 e. The molecule has 1 saturated carbocycles. The maximum absolute atomic E-state index is 13.4. The zero-order chi connectivity index (χ0) is 22.8. The zero-order valence-corrected chi connectivity index (χ0v) is 19.1. The molecular weight excluding hydrogens is 414 g/mol. The zero-order valence-electron chi connectivity index (χ0n) is 19.1. The number of nitrogens with one attached hydrogen (secondary N) is 1. The van der Waals surface area contributed by atoms with Gasteiger partial charge in [-0.25, -0.2) is 0 Å². The van der Waals surface area contributed by atoms with Crippen LogP contribution in [0.25, 0.3) is 10.9 Å². The molecule has 0 spiro atoms. The minimum absolute atomic E-state index is 0.0114. The van der Waals surface area contributed by atoms with E-state index in [1.54, 1.807) is 12.0 Å². The predicted molar refractivity (Wildman–Crippen MR) is 128 cm³/mol. The van der Waals surface area contributed by atoms with E-state index in [0.717, 1.165) is 29.6 Å². The molecule has 0 radical (unpaired) electrons. The molecule has 2 amide bonds. The summed E-state index contributed by atoms with van der Waals surface area (Å²) in [6, 6.07) is 17.8. The van der Waals surface area contributed by atoms with E-state index in [1.165, 1.54) is 31.2 Å². The van der Waals surface area contributed by atoms with Gasteiger partial charge in [-0.05, 0) is 55.0 Å². The van der Waals surface area contributed by atoms with Gasteiger partial charge in [-0.2, -0.15) is 0 Å². The van der Waals surface area contributed by atoms with Crippen LogP contribution in [0.1, 0.15) is 41.7 Å². The molecule has 1 saturated heterocycles. The van der Waals surface area contributed by atoms with Crippen LogP contribution in [0.4, 0.5) is 0 Å². The number of aromatic nitrogens is 1. The Kier molecular flexibility index (Phi) is 6.07. The third-order valence-corrected chi connectivity index (χ3v) is 7.11. The van der Waals surface area contributed by atoms with Crippen molar-refractivity contribution in [2.75, 3.05) is 26.7 Å². The molecule has 2 aliphatic rings. The lowest BCUT2D eigenvalue weighted by atomic mass is 9.99. The average Bonchev–Trinajstić information content (AvgIpc) is 3.50. The fourth-order valence-corrected chi connectivity index (χ4v) is 5.34. The number of ether oxygens (including phenoxy) is 1. The number of fused-ring (bicyclic) bond motifs is 1. The summed E-state index contributed by atoms with van der Waals surface area (Å²) in [6.07, 6.45) is 5.66. The lowest BCUT2D eigenvalue weighted by Crippen LogP contribution is -2.59. The Morgan fingerprint density at radius 1 is 1.09 bits per heavy atom. The van der Waals surface area contributed by atoms with Crippen LogP contribution in [-0.2, 0) is 11.2 Å². The molecule has 1 aromatic heterocycles.